The Kier molecular flexibility index (Phi) is 5.76. The van der Waals surface area contributed by atoms with E-state index in [2.05, 4.69) is 17.4 Å². The van der Waals surface area contributed by atoms with Crippen LogP contribution in [0.15, 0.2) is 48.5 Å². The Morgan fingerprint density at radius 1 is 1.14 bits per heavy atom. The lowest BCUT2D eigenvalue weighted by Crippen LogP contribution is -2.12. The molecule has 0 saturated carbocycles. The lowest BCUT2D eigenvalue weighted by atomic mass is 10.1. The molecule has 3 heteroatoms. The normalized spacial score (nSPS) is 12.1. The van der Waals surface area contributed by atoms with Crippen molar-refractivity contribution < 1.29 is 9.13 Å². The van der Waals surface area contributed by atoms with Crippen LogP contribution in [0.5, 0.6) is 5.75 Å². The van der Waals surface area contributed by atoms with Crippen LogP contribution in [0.25, 0.3) is 0 Å². The molecular weight excluding hydrogens is 265 g/mol. The topological polar surface area (TPSA) is 21.3 Å². The molecule has 2 aromatic rings. The molecule has 0 fully saturated rings. The van der Waals surface area contributed by atoms with Gasteiger partial charge in [0.15, 0.2) is 11.6 Å². The number of rotatable bonds is 7. The molecule has 1 N–H and O–H groups in total. The molecule has 2 aromatic carbocycles. The monoisotopic (exact) mass is 287 g/mol. The maximum absolute atomic E-state index is 13.9. The van der Waals surface area contributed by atoms with Crippen molar-refractivity contribution in [3.8, 4) is 5.75 Å². The summed E-state index contributed by atoms with van der Waals surface area (Å²) in [4.78, 5) is 0. The zero-order chi connectivity index (χ0) is 15.1. The van der Waals surface area contributed by atoms with Crippen LogP contribution >= 0.6 is 0 Å². The molecule has 21 heavy (non-hydrogen) atoms. The van der Waals surface area contributed by atoms with E-state index >= 15 is 0 Å². The predicted octanol–water partition coefficient (Wildman–Crippen LogP) is 4.12. The summed E-state index contributed by atoms with van der Waals surface area (Å²) in [5, 5.41) is 3.09. The van der Waals surface area contributed by atoms with Gasteiger partial charge in [0, 0.05) is 6.04 Å². The Morgan fingerprint density at radius 2 is 1.90 bits per heavy atom. The minimum Gasteiger partial charge on any atom is -0.491 e. The summed E-state index contributed by atoms with van der Waals surface area (Å²) < 4.78 is 19.5. The molecule has 0 amide bonds. The average molecular weight is 287 g/mol. The van der Waals surface area contributed by atoms with Crippen molar-refractivity contribution in [1.82, 2.24) is 5.32 Å². The highest BCUT2D eigenvalue weighted by Crippen LogP contribution is 2.22. The van der Waals surface area contributed by atoms with Crippen molar-refractivity contribution in [2.24, 2.45) is 0 Å². The molecule has 0 bridgehead atoms. The van der Waals surface area contributed by atoms with Crippen molar-refractivity contribution in [2.45, 2.75) is 25.8 Å². The molecule has 0 saturated heterocycles. The smallest absolute Gasteiger partial charge is 0.165 e. The van der Waals surface area contributed by atoms with Gasteiger partial charge < -0.3 is 10.1 Å². The third-order valence-corrected chi connectivity index (χ3v) is 3.60. The van der Waals surface area contributed by atoms with Gasteiger partial charge in [-0.25, -0.2) is 4.39 Å². The second-order valence-corrected chi connectivity index (χ2v) is 5.14. The number of halogens is 1. The van der Waals surface area contributed by atoms with Crippen LogP contribution < -0.4 is 10.1 Å². The minimum absolute atomic E-state index is 0.131. The Morgan fingerprint density at radius 3 is 2.57 bits per heavy atom. The molecule has 0 heterocycles. The van der Waals surface area contributed by atoms with Gasteiger partial charge in [0.1, 0.15) is 0 Å². The molecule has 1 unspecified atom stereocenters. The van der Waals surface area contributed by atoms with E-state index in [1.807, 2.05) is 38.2 Å². The van der Waals surface area contributed by atoms with Gasteiger partial charge in [-0.2, -0.15) is 0 Å². The fraction of sp³-hybridized carbons (Fsp3) is 0.333. The quantitative estimate of drug-likeness (QED) is 0.774. The van der Waals surface area contributed by atoms with E-state index in [0.29, 0.717) is 12.4 Å². The Bertz CT molecular complexity index is 556. The zero-order valence-corrected chi connectivity index (χ0v) is 12.6. The average Bonchev–Trinajstić information content (AvgIpc) is 2.53. The number of ether oxygens (including phenoxy) is 1. The van der Waals surface area contributed by atoms with E-state index in [0.717, 1.165) is 18.4 Å². The van der Waals surface area contributed by atoms with E-state index in [1.54, 1.807) is 6.07 Å². The standard InChI is InChI=1S/C18H22FNO/c1-14(20-2)16-10-11-18(17(19)13-16)21-12-6-9-15-7-4-3-5-8-15/h3-5,7-8,10-11,13-14,20H,6,9,12H2,1-2H3. The summed E-state index contributed by atoms with van der Waals surface area (Å²) >= 11 is 0. The molecule has 2 nitrogen and oxygen atoms in total. The van der Waals surface area contributed by atoms with Crippen LogP contribution in [0.2, 0.25) is 0 Å². The van der Waals surface area contributed by atoms with E-state index < -0.39 is 0 Å². The van der Waals surface area contributed by atoms with Crippen molar-refractivity contribution in [1.29, 1.82) is 0 Å². The largest absolute Gasteiger partial charge is 0.491 e. The summed E-state index contributed by atoms with van der Waals surface area (Å²) in [7, 11) is 1.86. The SMILES string of the molecule is CNC(C)c1ccc(OCCCc2ccccc2)c(F)c1. The fourth-order valence-corrected chi connectivity index (χ4v) is 2.17. The van der Waals surface area contributed by atoms with Gasteiger partial charge in [0.05, 0.1) is 6.61 Å². The van der Waals surface area contributed by atoms with Crippen LogP contribution in [0.4, 0.5) is 4.39 Å². The highest BCUT2D eigenvalue weighted by Gasteiger charge is 2.08. The molecule has 0 aliphatic carbocycles. The summed E-state index contributed by atoms with van der Waals surface area (Å²) in [5.41, 5.74) is 2.20. The molecule has 0 radical (unpaired) electrons. The lowest BCUT2D eigenvalue weighted by molar-refractivity contribution is 0.295. The molecule has 2 rings (SSSR count). The molecular formula is C18H22FNO. The minimum atomic E-state index is -0.297. The van der Waals surface area contributed by atoms with Gasteiger partial charge in [0.2, 0.25) is 0 Å². The first-order valence-electron chi connectivity index (χ1n) is 7.34. The highest BCUT2D eigenvalue weighted by molar-refractivity contribution is 5.30. The van der Waals surface area contributed by atoms with Crippen LogP contribution in [-0.2, 0) is 6.42 Å². The van der Waals surface area contributed by atoms with Gasteiger partial charge >= 0.3 is 0 Å². The third-order valence-electron chi connectivity index (χ3n) is 3.60. The van der Waals surface area contributed by atoms with Gasteiger partial charge in [-0.05, 0) is 50.1 Å². The Hall–Kier alpha value is -1.87. The molecule has 0 aliphatic rings. The molecule has 1 atom stereocenters. The number of benzene rings is 2. The summed E-state index contributed by atoms with van der Waals surface area (Å²) in [6.07, 6.45) is 1.81. The van der Waals surface area contributed by atoms with Gasteiger partial charge in [0.25, 0.3) is 0 Å². The molecule has 0 aliphatic heterocycles. The van der Waals surface area contributed by atoms with E-state index in [4.69, 9.17) is 4.74 Å². The van der Waals surface area contributed by atoms with Crippen molar-refractivity contribution in [3.05, 3.63) is 65.5 Å². The molecule has 112 valence electrons. The highest BCUT2D eigenvalue weighted by atomic mass is 19.1. The van der Waals surface area contributed by atoms with E-state index in [9.17, 15) is 4.39 Å². The van der Waals surface area contributed by atoms with Gasteiger partial charge in [-0.1, -0.05) is 36.4 Å². The van der Waals surface area contributed by atoms with Gasteiger partial charge in [-0.15, -0.1) is 0 Å². The Balaban J connectivity index is 1.83. The predicted molar refractivity (Wildman–Crippen MR) is 84.1 cm³/mol. The maximum Gasteiger partial charge on any atom is 0.165 e. The first-order chi connectivity index (χ1) is 10.2. The van der Waals surface area contributed by atoms with E-state index in [1.165, 1.54) is 11.6 Å². The number of hydrogen-bond acceptors (Lipinski definition) is 2. The Labute approximate surface area is 126 Å². The molecule has 0 spiro atoms. The zero-order valence-electron chi connectivity index (χ0n) is 12.6. The van der Waals surface area contributed by atoms with Crippen molar-refractivity contribution in [2.75, 3.05) is 13.7 Å². The molecule has 0 aromatic heterocycles. The van der Waals surface area contributed by atoms with Crippen LogP contribution in [0.1, 0.15) is 30.5 Å². The first kappa shape index (κ1) is 15.5. The van der Waals surface area contributed by atoms with Crippen LogP contribution in [-0.4, -0.2) is 13.7 Å². The first-order valence-corrected chi connectivity index (χ1v) is 7.34. The fourth-order valence-electron chi connectivity index (χ4n) is 2.17. The van der Waals surface area contributed by atoms with Crippen LogP contribution in [0, 0.1) is 5.82 Å². The summed E-state index contributed by atoms with van der Waals surface area (Å²) in [6, 6.07) is 15.5. The van der Waals surface area contributed by atoms with Crippen LogP contribution in [0.3, 0.4) is 0 Å². The van der Waals surface area contributed by atoms with E-state index in [-0.39, 0.29) is 11.9 Å². The summed E-state index contributed by atoms with van der Waals surface area (Å²) in [5.74, 6) is 0.0319. The number of aryl methyl sites for hydroxylation is 1. The van der Waals surface area contributed by atoms with Gasteiger partial charge in [-0.3, -0.25) is 0 Å². The summed E-state index contributed by atoms with van der Waals surface area (Å²) in [6.45, 7) is 2.52. The van der Waals surface area contributed by atoms with Crippen molar-refractivity contribution >= 4 is 0 Å². The second-order valence-electron chi connectivity index (χ2n) is 5.14. The lowest BCUT2D eigenvalue weighted by Gasteiger charge is -2.13. The number of nitrogens with one attached hydrogen (secondary N) is 1. The second kappa shape index (κ2) is 7.79. The van der Waals surface area contributed by atoms with Crippen molar-refractivity contribution in [3.63, 3.8) is 0 Å². The number of hydrogen-bond donors (Lipinski definition) is 1. The third kappa shape index (κ3) is 4.57. The maximum atomic E-state index is 13.9.